The molecule has 0 bridgehead atoms. The number of methoxy groups -OCH3 is 1. The Bertz CT molecular complexity index is 929. The molecule has 2 rings (SSSR count). The van der Waals surface area contributed by atoms with E-state index >= 15 is 0 Å². The Morgan fingerprint density at radius 3 is 1.54 bits per heavy atom. The fourth-order valence-electron chi connectivity index (χ4n) is 4.31. The normalized spacial score (nSPS) is 18.3. The number of ether oxygens (including phenoxy) is 1. The zero-order chi connectivity index (χ0) is 27.5. The summed E-state index contributed by atoms with van der Waals surface area (Å²) in [6.07, 6.45) is 0. The highest BCUT2D eigenvalue weighted by Crippen LogP contribution is 2.31. The minimum Gasteiger partial charge on any atom is -0.496 e. The molecule has 1 unspecified atom stereocenters. The molecule has 14 heteroatoms. The van der Waals surface area contributed by atoms with Crippen LogP contribution in [0.2, 0.25) is 0 Å². The van der Waals surface area contributed by atoms with Crippen LogP contribution in [0.3, 0.4) is 0 Å². The smallest absolute Gasteiger partial charge is 0.325 e. The predicted octanol–water partition coefficient (Wildman–Crippen LogP) is -1.12. The van der Waals surface area contributed by atoms with E-state index in [1.54, 1.807) is 31.7 Å². The fourth-order valence-corrected chi connectivity index (χ4v) is 4.31. The van der Waals surface area contributed by atoms with Gasteiger partial charge in [-0.25, -0.2) is 0 Å². The number of hydrogen-bond donors (Lipinski definition) is 5. The highest BCUT2D eigenvalue weighted by atomic mass is 16.5. The second-order valence-electron chi connectivity index (χ2n) is 8.79. The maximum absolute atomic E-state index is 12.5. The van der Waals surface area contributed by atoms with Crippen LogP contribution in [0.4, 0.5) is 5.69 Å². The van der Waals surface area contributed by atoms with Crippen LogP contribution in [0.25, 0.3) is 0 Å². The number of nitrogens with two attached hydrogens (primary N) is 1. The van der Waals surface area contributed by atoms with Crippen LogP contribution in [0.1, 0.15) is 11.6 Å². The Hall–Kier alpha value is -3.46. The van der Waals surface area contributed by atoms with Crippen LogP contribution >= 0.6 is 0 Å². The number of benzene rings is 1. The Morgan fingerprint density at radius 2 is 1.19 bits per heavy atom. The largest absolute Gasteiger partial charge is 0.496 e. The maximum Gasteiger partial charge on any atom is 0.325 e. The van der Waals surface area contributed by atoms with Crippen LogP contribution in [0.5, 0.6) is 5.75 Å². The Balaban J connectivity index is 2.42. The Labute approximate surface area is 214 Å². The molecule has 206 valence electrons. The van der Waals surface area contributed by atoms with E-state index < -0.39 is 29.9 Å². The molecule has 0 spiro atoms. The van der Waals surface area contributed by atoms with Gasteiger partial charge >= 0.3 is 23.9 Å². The minimum absolute atomic E-state index is 0.141. The van der Waals surface area contributed by atoms with Gasteiger partial charge in [0.15, 0.2) is 0 Å². The van der Waals surface area contributed by atoms with Gasteiger partial charge in [-0.3, -0.25) is 38.8 Å². The van der Waals surface area contributed by atoms with Crippen LogP contribution in [0.15, 0.2) is 18.2 Å². The van der Waals surface area contributed by atoms with Gasteiger partial charge < -0.3 is 30.9 Å². The lowest BCUT2D eigenvalue weighted by molar-refractivity contribution is -0.145. The van der Waals surface area contributed by atoms with Crippen molar-refractivity contribution in [3.8, 4) is 5.75 Å². The van der Waals surface area contributed by atoms with Gasteiger partial charge in [0.1, 0.15) is 11.8 Å². The number of nitrogen functional groups attached to an aromatic ring is 1. The maximum atomic E-state index is 12.5. The first-order chi connectivity index (χ1) is 17.5. The molecular weight excluding hydrogens is 490 g/mol. The van der Waals surface area contributed by atoms with Gasteiger partial charge in [0.2, 0.25) is 0 Å². The number of nitrogens with zero attached hydrogens (tertiary/aromatic N) is 4. The average Bonchev–Trinajstić information content (AvgIpc) is 2.79. The van der Waals surface area contributed by atoms with Crippen molar-refractivity contribution in [2.75, 3.05) is 84.8 Å². The van der Waals surface area contributed by atoms with Gasteiger partial charge in [-0.15, -0.1) is 0 Å². The minimum atomic E-state index is -1.19. The topological polar surface area (TPSA) is 197 Å². The van der Waals surface area contributed by atoms with Crippen LogP contribution in [0, 0.1) is 0 Å². The van der Waals surface area contributed by atoms with E-state index in [0.29, 0.717) is 17.0 Å². The molecule has 0 radical (unpaired) electrons. The second kappa shape index (κ2) is 14.3. The first-order valence-electron chi connectivity index (χ1n) is 11.7. The number of aliphatic carboxylic acids is 4. The van der Waals surface area contributed by atoms with Crippen molar-refractivity contribution in [1.82, 2.24) is 19.6 Å². The third-order valence-electron chi connectivity index (χ3n) is 6.10. The molecule has 1 saturated heterocycles. The number of hydrogen-bond acceptors (Lipinski definition) is 10. The number of rotatable bonds is 10. The van der Waals surface area contributed by atoms with Crippen LogP contribution < -0.4 is 10.5 Å². The fraction of sp³-hybridized carbons (Fsp3) is 0.565. The third kappa shape index (κ3) is 9.84. The van der Waals surface area contributed by atoms with Crippen molar-refractivity contribution in [3.63, 3.8) is 0 Å². The zero-order valence-electron chi connectivity index (χ0n) is 20.8. The number of anilines is 1. The molecule has 0 aromatic heterocycles. The summed E-state index contributed by atoms with van der Waals surface area (Å²) in [5.74, 6) is -4.03. The molecule has 1 heterocycles. The predicted molar refractivity (Wildman–Crippen MR) is 132 cm³/mol. The van der Waals surface area contributed by atoms with Crippen molar-refractivity contribution in [2.24, 2.45) is 0 Å². The lowest BCUT2D eigenvalue weighted by Crippen LogP contribution is -2.49. The van der Waals surface area contributed by atoms with E-state index in [-0.39, 0.29) is 72.0 Å². The average molecular weight is 526 g/mol. The molecule has 6 N–H and O–H groups in total. The molecule has 0 saturated carbocycles. The summed E-state index contributed by atoms with van der Waals surface area (Å²) in [6.45, 7) is 0.698. The highest BCUT2D eigenvalue weighted by molar-refractivity contribution is 5.77. The molecule has 0 amide bonds. The van der Waals surface area contributed by atoms with Gasteiger partial charge in [0.05, 0.1) is 26.7 Å². The lowest BCUT2D eigenvalue weighted by atomic mass is 10.0. The van der Waals surface area contributed by atoms with Gasteiger partial charge in [-0.05, 0) is 18.2 Å². The molecule has 1 fully saturated rings. The number of carboxylic acid groups (broad SMARTS) is 4. The van der Waals surface area contributed by atoms with Crippen molar-refractivity contribution < 1.29 is 44.3 Å². The van der Waals surface area contributed by atoms with E-state index in [4.69, 9.17) is 10.5 Å². The standard InChI is InChI=1S/C23H35N5O9/c1-37-18-3-2-16(24)12-17(18)22(23(35)36)28-10-8-26(14-20(31)32)6-4-25(13-19(29)30)5-7-27(9-11-28)15-21(33)34/h2-3,12,22H,4-11,13-15,24H2,1H3,(H,29,30)(H,31,32)(H,33,34)(H,35,36). The Morgan fingerprint density at radius 1 is 0.784 bits per heavy atom. The molecule has 1 aromatic rings. The summed E-state index contributed by atoms with van der Waals surface area (Å²) in [7, 11) is 1.41. The quantitative estimate of drug-likeness (QED) is 0.230. The molecule has 1 aromatic carbocycles. The first-order valence-corrected chi connectivity index (χ1v) is 11.7. The van der Waals surface area contributed by atoms with Gasteiger partial charge in [-0.2, -0.15) is 0 Å². The molecule has 1 atom stereocenters. The molecule has 14 nitrogen and oxygen atoms in total. The summed E-state index contributed by atoms with van der Waals surface area (Å²) in [4.78, 5) is 53.3. The molecular formula is C23H35N5O9. The summed E-state index contributed by atoms with van der Waals surface area (Å²) in [5.41, 5.74) is 6.60. The van der Waals surface area contributed by atoms with Gasteiger partial charge in [0.25, 0.3) is 0 Å². The molecule has 1 aliphatic rings. The third-order valence-corrected chi connectivity index (χ3v) is 6.10. The highest BCUT2D eigenvalue weighted by Gasteiger charge is 2.31. The molecule has 0 aliphatic carbocycles. The lowest BCUT2D eigenvalue weighted by Gasteiger charge is -2.35. The monoisotopic (exact) mass is 525 g/mol. The molecule has 37 heavy (non-hydrogen) atoms. The van der Waals surface area contributed by atoms with E-state index in [2.05, 4.69) is 0 Å². The Kier molecular flexibility index (Phi) is 11.5. The SMILES string of the molecule is COc1ccc(N)cc1C(C(=O)O)N1CCN(CC(=O)O)CCN(CC(=O)O)CCN(CC(=O)O)CC1. The van der Waals surface area contributed by atoms with E-state index in [9.17, 15) is 39.6 Å². The summed E-state index contributed by atoms with van der Waals surface area (Å²) in [5, 5.41) is 38.2. The van der Waals surface area contributed by atoms with Gasteiger partial charge in [0, 0.05) is 63.6 Å². The van der Waals surface area contributed by atoms with Crippen molar-refractivity contribution >= 4 is 29.6 Å². The summed E-state index contributed by atoms with van der Waals surface area (Å²) >= 11 is 0. The van der Waals surface area contributed by atoms with Crippen molar-refractivity contribution in [3.05, 3.63) is 23.8 Å². The van der Waals surface area contributed by atoms with E-state index in [0.717, 1.165) is 0 Å². The molecule has 1 aliphatic heterocycles. The van der Waals surface area contributed by atoms with E-state index in [1.807, 2.05) is 0 Å². The number of carbonyl (C=O) groups is 4. The summed E-state index contributed by atoms with van der Waals surface area (Å²) in [6, 6.07) is 3.48. The number of carboxylic acids is 4. The van der Waals surface area contributed by atoms with Crippen LogP contribution in [-0.4, -0.2) is 143 Å². The van der Waals surface area contributed by atoms with Crippen LogP contribution in [-0.2, 0) is 19.2 Å². The van der Waals surface area contributed by atoms with Gasteiger partial charge in [-0.1, -0.05) is 0 Å². The van der Waals surface area contributed by atoms with Crippen molar-refractivity contribution in [1.29, 1.82) is 0 Å². The zero-order valence-corrected chi connectivity index (χ0v) is 20.8. The first kappa shape index (κ1) is 29.8. The second-order valence-corrected chi connectivity index (χ2v) is 8.79. The summed E-state index contributed by atoms with van der Waals surface area (Å²) < 4.78 is 5.38. The van der Waals surface area contributed by atoms with E-state index in [1.165, 1.54) is 13.2 Å². The van der Waals surface area contributed by atoms with Crippen molar-refractivity contribution in [2.45, 2.75) is 6.04 Å².